The van der Waals surface area contributed by atoms with E-state index in [4.69, 9.17) is 5.73 Å². The van der Waals surface area contributed by atoms with Gasteiger partial charge in [-0.2, -0.15) is 0 Å². The van der Waals surface area contributed by atoms with E-state index in [2.05, 4.69) is 16.4 Å². The number of aromatic nitrogens is 1. The van der Waals surface area contributed by atoms with Crippen LogP contribution >= 0.6 is 36.2 Å². The number of carbonyl (C=O) groups is 1. The molecule has 2 aromatic rings. The highest BCUT2D eigenvalue weighted by molar-refractivity contribution is 7.18. The molecule has 0 saturated carbocycles. The number of carbonyl (C=O) groups excluding carboxylic acids is 1. The number of halogens is 2. The van der Waals surface area contributed by atoms with Gasteiger partial charge in [0.25, 0.3) is 0 Å². The lowest BCUT2D eigenvalue weighted by molar-refractivity contribution is -0.121. The molecule has 0 saturated heterocycles. The largest absolute Gasteiger partial charge is 0.352 e. The monoisotopic (exact) mass is 363 g/mol. The highest BCUT2D eigenvalue weighted by atomic mass is 35.5. The van der Waals surface area contributed by atoms with Gasteiger partial charge in [-0.05, 0) is 38.3 Å². The number of nitrogens with one attached hydrogen (secondary N) is 1. The molecule has 0 bridgehead atoms. The van der Waals surface area contributed by atoms with E-state index in [1.54, 1.807) is 11.3 Å². The summed E-state index contributed by atoms with van der Waals surface area (Å²) >= 11 is 1.74. The predicted octanol–water partition coefficient (Wildman–Crippen LogP) is 3.32. The molecule has 124 valence electrons. The summed E-state index contributed by atoms with van der Waals surface area (Å²) in [6, 6.07) is 8.24. The van der Waals surface area contributed by atoms with Gasteiger partial charge in [-0.1, -0.05) is 12.1 Å². The van der Waals surface area contributed by atoms with Crippen LogP contribution in [0.1, 0.15) is 31.2 Å². The Labute approximate surface area is 147 Å². The van der Waals surface area contributed by atoms with Crippen LogP contribution in [-0.2, 0) is 11.2 Å². The Kier molecular flexibility index (Phi) is 10.3. The summed E-state index contributed by atoms with van der Waals surface area (Å²) in [4.78, 5) is 16.2. The maximum Gasteiger partial charge on any atom is 0.220 e. The molecule has 1 amide bonds. The van der Waals surface area contributed by atoms with Crippen molar-refractivity contribution in [1.29, 1.82) is 0 Å². The van der Waals surface area contributed by atoms with Gasteiger partial charge in [-0.3, -0.25) is 4.79 Å². The Morgan fingerprint density at radius 2 is 2.05 bits per heavy atom. The lowest BCUT2D eigenvalue weighted by Crippen LogP contribution is -2.37. The lowest BCUT2D eigenvalue weighted by Gasteiger charge is -2.10. The quantitative estimate of drug-likeness (QED) is 0.741. The second kappa shape index (κ2) is 10.8. The Bertz CT molecular complexity index is 544. The molecule has 0 unspecified atom stereocenters. The van der Waals surface area contributed by atoms with E-state index in [0.717, 1.165) is 29.8 Å². The van der Waals surface area contributed by atoms with Gasteiger partial charge < -0.3 is 11.1 Å². The minimum absolute atomic E-state index is 0. The molecule has 1 aromatic carbocycles. The fourth-order valence-electron chi connectivity index (χ4n) is 1.99. The SMILES string of the molecule is C[C@@H](CN)NC(=O)CCCCc1nc2ccccc2s1.Cl.Cl. The van der Waals surface area contributed by atoms with Gasteiger partial charge in [0, 0.05) is 19.0 Å². The summed E-state index contributed by atoms with van der Waals surface area (Å²) in [6.07, 6.45) is 3.39. The molecule has 1 heterocycles. The number of hydrogen-bond acceptors (Lipinski definition) is 4. The number of aryl methyl sites for hydroxylation is 1. The summed E-state index contributed by atoms with van der Waals surface area (Å²) in [5, 5.41) is 4.03. The van der Waals surface area contributed by atoms with Crippen LogP contribution in [0.25, 0.3) is 10.2 Å². The minimum atomic E-state index is 0. The first-order valence-corrected chi connectivity index (χ1v) is 7.84. The Balaban J connectivity index is 0.00000220. The lowest BCUT2D eigenvalue weighted by atomic mass is 10.2. The van der Waals surface area contributed by atoms with E-state index in [9.17, 15) is 4.79 Å². The Morgan fingerprint density at radius 3 is 2.73 bits per heavy atom. The number of unbranched alkanes of at least 4 members (excludes halogenated alkanes) is 1. The first-order valence-electron chi connectivity index (χ1n) is 7.03. The summed E-state index contributed by atoms with van der Waals surface area (Å²) in [5.41, 5.74) is 6.54. The first-order chi connectivity index (χ1) is 9.69. The van der Waals surface area contributed by atoms with Crippen LogP contribution in [0.5, 0.6) is 0 Å². The molecule has 0 aliphatic rings. The van der Waals surface area contributed by atoms with Gasteiger partial charge in [0.2, 0.25) is 5.91 Å². The van der Waals surface area contributed by atoms with Crippen molar-refractivity contribution < 1.29 is 4.79 Å². The van der Waals surface area contributed by atoms with Crippen molar-refractivity contribution in [2.45, 2.75) is 38.6 Å². The molecule has 0 aliphatic heterocycles. The van der Waals surface area contributed by atoms with Crippen molar-refractivity contribution >= 4 is 52.3 Å². The van der Waals surface area contributed by atoms with Gasteiger partial charge in [-0.15, -0.1) is 36.2 Å². The Hall–Kier alpha value is -0.880. The van der Waals surface area contributed by atoms with E-state index in [-0.39, 0.29) is 36.8 Å². The number of thiazole rings is 1. The molecule has 1 atom stereocenters. The highest BCUT2D eigenvalue weighted by Gasteiger charge is 2.06. The second-order valence-corrected chi connectivity index (χ2v) is 6.10. The van der Waals surface area contributed by atoms with E-state index in [0.29, 0.717) is 13.0 Å². The van der Waals surface area contributed by atoms with Crippen LogP contribution in [-0.4, -0.2) is 23.5 Å². The number of rotatable bonds is 7. The number of hydrogen-bond donors (Lipinski definition) is 2. The smallest absolute Gasteiger partial charge is 0.220 e. The van der Waals surface area contributed by atoms with Crippen molar-refractivity contribution in [2.75, 3.05) is 6.54 Å². The van der Waals surface area contributed by atoms with Crippen LogP contribution in [0.3, 0.4) is 0 Å². The van der Waals surface area contributed by atoms with E-state index < -0.39 is 0 Å². The van der Waals surface area contributed by atoms with Crippen LogP contribution in [0.2, 0.25) is 0 Å². The predicted molar refractivity (Wildman–Crippen MR) is 98.3 cm³/mol. The summed E-state index contributed by atoms with van der Waals surface area (Å²) in [6.45, 7) is 2.40. The third-order valence-corrected chi connectivity index (χ3v) is 4.24. The van der Waals surface area contributed by atoms with Crippen molar-refractivity contribution in [3.8, 4) is 0 Å². The van der Waals surface area contributed by atoms with Crippen LogP contribution in [0.4, 0.5) is 0 Å². The normalized spacial score (nSPS) is 11.4. The van der Waals surface area contributed by atoms with Crippen molar-refractivity contribution in [3.05, 3.63) is 29.3 Å². The first kappa shape index (κ1) is 21.1. The Morgan fingerprint density at radius 1 is 1.32 bits per heavy atom. The van der Waals surface area contributed by atoms with Crippen LogP contribution < -0.4 is 11.1 Å². The number of para-hydroxylation sites is 1. The molecule has 0 aliphatic carbocycles. The van der Waals surface area contributed by atoms with Crippen molar-refractivity contribution in [2.24, 2.45) is 5.73 Å². The van der Waals surface area contributed by atoms with Gasteiger partial charge >= 0.3 is 0 Å². The molecule has 3 N–H and O–H groups in total. The molecule has 0 spiro atoms. The zero-order valence-electron chi connectivity index (χ0n) is 12.6. The number of nitrogens with two attached hydrogens (primary N) is 1. The van der Waals surface area contributed by atoms with Crippen molar-refractivity contribution in [1.82, 2.24) is 10.3 Å². The van der Waals surface area contributed by atoms with E-state index in [1.165, 1.54) is 4.70 Å². The second-order valence-electron chi connectivity index (χ2n) is 4.99. The summed E-state index contributed by atoms with van der Waals surface area (Å²) in [5.74, 6) is 0.0900. The van der Waals surface area contributed by atoms with Crippen LogP contribution in [0, 0.1) is 0 Å². The maximum atomic E-state index is 11.6. The zero-order valence-corrected chi connectivity index (χ0v) is 15.0. The average molecular weight is 364 g/mol. The molecular weight excluding hydrogens is 341 g/mol. The third kappa shape index (κ3) is 6.48. The number of amides is 1. The average Bonchev–Trinajstić information content (AvgIpc) is 2.86. The number of fused-ring (bicyclic) bond motifs is 1. The van der Waals surface area contributed by atoms with E-state index in [1.807, 2.05) is 25.1 Å². The van der Waals surface area contributed by atoms with Gasteiger partial charge in [0.05, 0.1) is 15.2 Å². The molecule has 4 nitrogen and oxygen atoms in total. The standard InChI is InChI=1S/C15H21N3OS.2ClH/c1-11(10-16)17-14(19)8-4-5-9-15-18-12-6-2-3-7-13(12)20-15;;/h2-3,6-7,11H,4-5,8-10,16H2,1H3,(H,17,19);2*1H/t11-;;/m0../s1. The molecule has 0 radical (unpaired) electrons. The molecule has 22 heavy (non-hydrogen) atoms. The summed E-state index contributed by atoms with van der Waals surface area (Å²) in [7, 11) is 0. The molecule has 1 aromatic heterocycles. The third-order valence-electron chi connectivity index (χ3n) is 3.14. The highest BCUT2D eigenvalue weighted by Crippen LogP contribution is 2.22. The number of benzene rings is 1. The maximum absolute atomic E-state index is 11.6. The van der Waals surface area contributed by atoms with Gasteiger partial charge in [0.15, 0.2) is 0 Å². The van der Waals surface area contributed by atoms with Crippen LogP contribution in [0.15, 0.2) is 24.3 Å². The van der Waals surface area contributed by atoms with E-state index >= 15 is 0 Å². The zero-order chi connectivity index (χ0) is 14.4. The van der Waals surface area contributed by atoms with Gasteiger partial charge in [-0.25, -0.2) is 4.98 Å². The molecule has 2 rings (SSSR count). The minimum Gasteiger partial charge on any atom is -0.352 e. The fraction of sp³-hybridized carbons (Fsp3) is 0.467. The molecule has 0 fully saturated rings. The molecule has 7 heteroatoms. The number of nitrogens with zero attached hydrogens (tertiary/aromatic N) is 1. The molecular formula is C15H23Cl2N3OS. The van der Waals surface area contributed by atoms with Gasteiger partial charge in [0.1, 0.15) is 0 Å². The fourth-order valence-corrected chi connectivity index (χ4v) is 3.00. The summed E-state index contributed by atoms with van der Waals surface area (Å²) < 4.78 is 1.23. The van der Waals surface area contributed by atoms with Crippen molar-refractivity contribution in [3.63, 3.8) is 0 Å². The topological polar surface area (TPSA) is 68.0 Å².